The monoisotopic (exact) mass is 298 g/mol. The number of amides is 1. The Morgan fingerprint density at radius 2 is 1.77 bits per heavy atom. The molecule has 2 rings (SSSR count). The molecule has 0 aliphatic heterocycles. The maximum absolute atomic E-state index is 11.9. The number of aromatic nitrogens is 2. The Labute approximate surface area is 131 Å². The lowest BCUT2D eigenvalue weighted by Crippen LogP contribution is -2.23. The van der Waals surface area contributed by atoms with Crippen molar-refractivity contribution in [2.75, 3.05) is 23.3 Å². The van der Waals surface area contributed by atoms with Gasteiger partial charge in [-0.15, -0.1) is 10.2 Å². The molecule has 2 aromatic rings. The first-order valence-corrected chi connectivity index (χ1v) is 7.65. The van der Waals surface area contributed by atoms with Gasteiger partial charge < -0.3 is 10.2 Å². The summed E-state index contributed by atoms with van der Waals surface area (Å²) in [6, 6.07) is 13.6. The van der Waals surface area contributed by atoms with E-state index in [-0.39, 0.29) is 5.91 Å². The summed E-state index contributed by atoms with van der Waals surface area (Å²) in [7, 11) is 0. The van der Waals surface area contributed by atoms with Crippen LogP contribution in [0.3, 0.4) is 0 Å². The van der Waals surface area contributed by atoms with Crippen LogP contribution in [-0.4, -0.2) is 29.2 Å². The Morgan fingerprint density at radius 1 is 1.05 bits per heavy atom. The zero-order valence-corrected chi connectivity index (χ0v) is 13.1. The van der Waals surface area contributed by atoms with Crippen molar-refractivity contribution in [3.05, 3.63) is 48.0 Å². The minimum atomic E-state index is -0.0475. The second-order valence-corrected chi connectivity index (χ2v) is 4.98. The molecular formula is C17H22N4O. The molecule has 1 N–H and O–H groups in total. The molecule has 0 aliphatic carbocycles. The molecule has 0 radical (unpaired) electrons. The van der Waals surface area contributed by atoms with Crippen LogP contribution < -0.4 is 10.2 Å². The van der Waals surface area contributed by atoms with Gasteiger partial charge in [0.05, 0.1) is 0 Å². The van der Waals surface area contributed by atoms with Crippen LogP contribution in [0.5, 0.6) is 0 Å². The van der Waals surface area contributed by atoms with Crippen molar-refractivity contribution in [2.24, 2.45) is 0 Å². The Bertz CT molecular complexity index is 579. The summed E-state index contributed by atoms with van der Waals surface area (Å²) in [6.07, 6.45) is 1.15. The van der Waals surface area contributed by atoms with Crippen molar-refractivity contribution in [1.29, 1.82) is 0 Å². The molecule has 5 heteroatoms. The van der Waals surface area contributed by atoms with Gasteiger partial charge in [0.15, 0.2) is 11.6 Å². The fraction of sp³-hybridized carbons (Fsp3) is 0.353. The highest BCUT2D eigenvalue weighted by Crippen LogP contribution is 2.11. The number of carbonyl (C=O) groups excluding carboxylic acids is 1. The summed E-state index contributed by atoms with van der Waals surface area (Å²) in [6.45, 7) is 5.91. The van der Waals surface area contributed by atoms with Gasteiger partial charge in [0, 0.05) is 19.5 Å². The number of anilines is 2. The second kappa shape index (κ2) is 8.12. The summed E-state index contributed by atoms with van der Waals surface area (Å²) in [5.74, 6) is 1.27. The third kappa shape index (κ3) is 4.55. The number of hydrogen-bond donors (Lipinski definition) is 1. The number of hydrogen-bond acceptors (Lipinski definition) is 4. The van der Waals surface area contributed by atoms with E-state index in [1.54, 1.807) is 6.07 Å². The van der Waals surface area contributed by atoms with Crippen LogP contribution >= 0.6 is 0 Å². The quantitative estimate of drug-likeness (QED) is 0.854. The van der Waals surface area contributed by atoms with E-state index in [0.717, 1.165) is 30.9 Å². The lowest BCUT2D eigenvalue weighted by Gasteiger charge is -2.18. The molecule has 0 aliphatic rings. The highest BCUT2D eigenvalue weighted by molar-refractivity contribution is 5.89. The van der Waals surface area contributed by atoms with Crippen LogP contribution in [0, 0.1) is 0 Å². The van der Waals surface area contributed by atoms with E-state index in [1.165, 1.54) is 0 Å². The number of nitrogens with zero attached hydrogens (tertiary/aromatic N) is 3. The van der Waals surface area contributed by atoms with Gasteiger partial charge in [-0.25, -0.2) is 0 Å². The van der Waals surface area contributed by atoms with E-state index < -0.39 is 0 Å². The van der Waals surface area contributed by atoms with Crippen LogP contribution in [0.15, 0.2) is 42.5 Å². The first-order chi connectivity index (χ1) is 10.7. The molecule has 0 spiro atoms. The first-order valence-electron chi connectivity index (χ1n) is 7.65. The zero-order valence-electron chi connectivity index (χ0n) is 13.1. The maximum atomic E-state index is 11.9. The van der Waals surface area contributed by atoms with Gasteiger partial charge in [-0.05, 0) is 38.0 Å². The molecule has 1 amide bonds. The molecule has 0 fully saturated rings. The predicted molar refractivity (Wildman–Crippen MR) is 89.0 cm³/mol. The lowest BCUT2D eigenvalue weighted by atomic mass is 10.1. The SMILES string of the molecule is CCN(CC)c1ccc(NC(=O)CCc2ccccc2)nn1. The van der Waals surface area contributed by atoms with Crippen LogP contribution in [0.1, 0.15) is 25.8 Å². The molecule has 1 aromatic carbocycles. The van der Waals surface area contributed by atoms with Crippen molar-refractivity contribution < 1.29 is 4.79 Å². The van der Waals surface area contributed by atoms with Gasteiger partial charge in [-0.1, -0.05) is 30.3 Å². The van der Waals surface area contributed by atoms with Crippen molar-refractivity contribution in [3.63, 3.8) is 0 Å². The van der Waals surface area contributed by atoms with Crippen LogP contribution in [-0.2, 0) is 11.2 Å². The van der Waals surface area contributed by atoms with Gasteiger partial charge in [0.2, 0.25) is 5.91 Å². The molecule has 1 aromatic heterocycles. The predicted octanol–water partition coefficient (Wildman–Crippen LogP) is 2.89. The summed E-state index contributed by atoms with van der Waals surface area (Å²) in [4.78, 5) is 14.0. The Kier molecular flexibility index (Phi) is 5.89. The standard InChI is InChI=1S/C17H22N4O/c1-3-21(4-2)16-12-11-15(19-20-16)18-17(22)13-10-14-8-6-5-7-9-14/h5-9,11-12H,3-4,10,13H2,1-2H3,(H,18,19,22). The van der Waals surface area contributed by atoms with Crippen molar-refractivity contribution >= 4 is 17.5 Å². The van der Waals surface area contributed by atoms with E-state index in [4.69, 9.17) is 0 Å². The normalized spacial score (nSPS) is 10.3. The summed E-state index contributed by atoms with van der Waals surface area (Å²) in [5, 5.41) is 11.0. The van der Waals surface area contributed by atoms with Crippen LogP contribution in [0.2, 0.25) is 0 Å². The van der Waals surface area contributed by atoms with Gasteiger partial charge in [-0.3, -0.25) is 4.79 Å². The van der Waals surface area contributed by atoms with Gasteiger partial charge in [0.1, 0.15) is 0 Å². The van der Waals surface area contributed by atoms with E-state index >= 15 is 0 Å². The molecule has 0 bridgehead atoms. The van der Waals surface area contributed by atoms with Gasteiger partial charge >= 0.3 is 0 Å². The average molecular weight is 298 g/mol. The molecule has 1 heterocycles. The van der Waals surface area contributed by atoms with Crippen molar-refractivity contribution in [3.8, 4) is 0 Å². The molecule has 0 unspecified atom stereocenters. The molecule has 22 heavy (non-hydrogen) atoms. The lowest BCUT2D eigenvalue weighted by molar-refractivity contribution is -0.116. The molecule has 0 saturated heterocycles. The van der Waals surface area contributed by atoms with Gasteiger partial charge in [0.25, 0.3) is 0 Å². The van der Waals surface area contributed by atoms with Crippen LogP contribution in [0.25, 0.3) is 0 Å². The number of benzene rings is 1. The zero-order chi connectivity index (χ0) is 15.8. The van der Waals surface area contributed by atoms with Gasteiger partial charge in [-0.2, -0.15) is 0 Å². The minimum absolute atomic E-state index is 0.0475. The topological polar surface area (TPSA) is 58.1 Å². The molecule has 0 saturated carbocycles. The third-order valence-corrected chi connectivity index (χ3v) is 3.49. The first kappa shape index (κ1) is 15.9. The van der Waals surface area contributed by atoms with Crippen LogP contribution in [0.4, 0.5) is 11.6 Å². The average Bonchev–Trinajstić information content (AvgIpc) is 2.56. The highest BCUT2D eigenvalue weighted by atomic mass is 16.1. The summed E-state index contributed by atoms with van der Waals surface area (Å²) >= 11 is 0. The number of nitrogens with one attached hydrogen (secondary N) is 1. The van der Waals surface area contributed by atoms with Crippen molar-refractivity contribution in [2.45, 2.75) is 26.7 Å². The minimum Gasteiger partial charge on any atom is -0.356 e. The molecule has 116 valence electrons. The third-order valence-electron chi connectivity index (χ3n) is 3.49. The fourth-order valence-corrected chi connectivity index (χ4v) is 2.22. The Hall–Kier alpha value is -2.43. The Morgan fingerprint density at radius 3 is 2.36 bits per heavy atom. The summed E-state index contributed by atoms with van der Waals surface area (Å²) < 4.78 is 0. The van der Waals surface area contributed by atoms with E-state index in [2.05, 4.69) is 34.3 Å². The Balaban J connectivity index is 1.86. The van der Waals surface area contributed by atoms with E-state index in [1.807, 2.05) is 36.4 Å². The smallest absolute Gasteiger partial charge is 0.225 e. The van der Waals surface area contributed by atoms with E-state index in [9.17, 15) is 4.79 Å². The largest absolute Gasteiger partial charge is 0.356 e. The molecule has 0 atom stereocenters. The fourth-order valence-electron chi connectivity index (χ4n) is 2.22. The highest BCUT2D eigenvalue weighted by Gasteiger charge is 2.07. The number of carbonyl (C=O) groups is 1. The summed E-state index contributed by atoms with van der Waals surface area (Å²) in [5.41, 5.74) is 1.15. The van der Waals surface area contributed by atoms with Crippen molar-refractivity contribution in [1.82, 2.24) is 10.2 Å². The second-order valence-electron chi connectivity index (χ2n) is 4.98. The number of rotatable bonds is 7. The maximum Gasteiger partial charge on any atom is 0.225 e. The molecule has 5 nitrogen and oxygen atoms in total. The molecular weight excluding hydrogens is 276 g/mol. The van der Waals surface area contributed by atoms with E-state index in [0.29, 0.717) is 12.2 Å². The number of aryl methyl sites for hydroxylation is 1.